The van der Waals surface area contributed by atoms with Gasteiger partial charge in [0.1, 0.15) is 5.01 Å². The molecule has 3 nitrogen and oxygen atoms in total. The molecular formula is C17H23N3S. The highest BCUT2D eigenvalue weighted by molar-refractivity contribution is 7.15. The van der Waals surface area contributed by atoms with E-state index in [0.717, 1.165) is 29.7 Å². The number of aromatic nitrogens is 2. The van der Waals surface area contributed by atoms with Gasteiger partial charge in [0.05, 0.1) is 11.4 Å². The van der Waals surface area contributed by atoms with E-state index in [2.05, 4.69) is 37.1 Å². The standard InChI is InChI=1S/C17H23N3S/c1-11(2)8-14-16(10-19-13-4-5-13)21-17(20-14)15-9-12(3)6-7-18-15/h6-7,9,11,13,19H,4-5,8,10H2,1-3H3. The average Bonchev–Trinajstić information content (AvgIpc) is 3.18. The lowest BCUT2D eigenvalue weighted by molar-refractivity contribution is 0.624. The number of thiazole rings is 1. The third-order valence-electron chi connectivity index (χ3n) is 3.64. The van der Waals surface area contributed by atoms with Gasteiger partial charge in [-0.1, -0.05) is 13.8 Å². The minimum atomic E-state index is 0.630. The number of hydrogen-bond donors (Lipinski definition) is 1. The number of rotatable bonds is 6. The largest absolute Gasteiger partial charge is 0.309 e. The normalized spacial score (nSPS) is 14.9. The van der Waals surface area contributed by atoms with Gasteiger partial charge in [0, 0.05) is 23.7 Å². The predicted octanol–water partition coefficient (Wildman–Crippen LogP) is 3.96. The van der Waals surface area contributed by atoms with E-state index in [4.69, 9.17) is 4.98 Å². The Morgan fingerprint density at radius 3 is 2.86 bits per heavy atom. The minimum absolute atomic E-state index is 0.630. The van der Waals surface area contributed by atoms with Crippen LogP contribution in [0.5, 0.6) is 0 Å². The van der Waals surface area contributed by atoms with Crippen molar-refractivity contribution in [1.82, 2.24) is 15.3 Å². The Hall–Kier alpha value is -1.26. The van der Waals surface area contributed by atoms with Gasteiger partial charge in [-0.3, -0.25) is 4.98 Å². The van der Waals surface area contributed by atoms with Gasteiger partial charge in [0.15, 0.2) is 0 Å². The molecule has 1 aliphatic carbocycles. The summed E-state index contributed by atoms with van der Waals surface area (Å²) in [6.45, 7) is 7.56. The van der Waals surface area contributed by atoms with Crippen LogP contribution in [-0.4, -0.2) is 16.0 Å². The molecule has 2 aromatic heterocycles. The van der Waals surface area contributed by atoms with Gasteiger partial charge in [-0.25, -0.2) is 4.98 Å². The van der Waals surface area contributed by atoms with Gasteiger partial charge in [-0.05, 0) is 49.8 Å². The molecule has 2 heterocycles. The molecule has 21 heavy (non-hydrogen) atoms. The quantitative estimate of drug-likeness (QED) is 0.877. The van der Waals surface area contributed by atoms with Gasteiger partial charge in [0.25, 0.3) is 0 Å². The molecule has 0 aromatic carbocycles. The molecule has 1 aliphatic rings. The summed E-state index contributed by atoms with van der Waals surface area (Å²) in [6.07, 6.45) is 5.57. The average molecular weight is 301 g/mol. The van der Waals surface area contributed by atoms with Crippen molar-refractivity contribution < 1.29 is 0 Å². The van der Waals surface area contributed by atoms with Gasteiger partial charge in [-0.2, -0.15) is 0 Å². The van der Waals surface area contributed by atoms with Crippen molar-refractivity contribution in [2.45, 2.75) is 52.6 Å². The lowest BCUT2D eigenvalue weighted by Crippen LogP contribution is -2.15. The second-order valence-electron chi connectivity index (χ2n) is 6.36. The van der Waals surface area contributed by atoms with Crippen molar-refractivity contribution in [1.29, 1.82) is 0 Å². The topological polar surface area (TPSA) is 37.8 Å². The maximum absolute atomic E-state index is 4.88. The fraction of sp³-hybridized carbons (Fsp3) is 0.529. The SMILES string of the molecule is Cc1ccnc(-c2nc(CC(C)C)c(CNC3CC3)s2)c1. The fourth-order valence-corrected chi connectivity index (χ4v) is 3.36. The molecule has 0 bridgehead atoms. The summed E-state index contributed by atoms with van der Waals surface area (Å²) >= 11 is 1.80. The van der Waals surface area contributed by atoms with E-state index in [0.29, 0.717) is 5.92 Å². The van der Waals surface area contributed by atoms with Crippen LogP contribution in [0.3, 0.4) is 0 Å². The van der Waals surface area contributed by atoms with Crippen molar-refractivity contribution in [3.63, 3.8) is 0 Å². The third-order valence-corrected chi connectivity index (χ3v) is 4.76. The van der Waals surface area contributed by atoms with Gasteiger partial charge < -0.3 is 5.32 Å². The highest BCUT2D eigenvalue weighted by Crippen LogP contribution is 2.29. The Balaban J connectivity index is 1.86. The first-order valence-corrected chi connectivity index (χ1v) is 8.58. The molecule has 112 valence electrons. The van der Waals surface area contributed by atoms with E-state index in [1.54, 1.807) is 11.3 Å². The summed E-state index contributed by atoms with van der Waals surface area (Å²) in [5, 5.41) is 4.67. The summed E-state index contributed by atoms with van der Waals surface area (Å²) in [6, 6.07) is 4.89. The molecule has 1 saturated carbocycles. The van der Waals surface area contributed by atoms with Crippen LogP contribution in [0, 0.1) is 12.8 Å². The summed E-state index contributed by atoms with van der Waals surface area (Å²) < 4.78 is 0. The second kappa shape index (κ2) is 6.24. The summed E-state index contributed by atoms with van der Waals surface area (Å²) in [5.41, 5.74) is 3.49. The summed E-state index contributed by atoms with van der Waals surface area (Å²) in [7, 11) is 0. The second-order valence-corrected chi connectivity index (χ2v) is 7.44. The van der Waals surface area contributed by atoms with Crippen LogP contribution in [-0.2, 0) is 13.0 Å². The zero-order chi connectivity index (χ0) is 14.8. The molecule has 4 heteroatoms. The summed E-state index contributed by atoms with van der Waals surface area (Å²) in [5.74, 6) is 0.630. The number of nitrogens with zero attached hydrogens (tertiary/aromatic N) is 2. The van der Waals surface area contributed by atoms with Crippen molar-refractivity contribution in [3.8, 4) is 10.7 Å². The molecule has 0 unspecified atom stereocenters. The Kier molecular flexibility index (Phi) is 4.36. The molecule has 1 fully saturated rings. The number of aryl methyl sites for hydroxylation is 1. The Morgan fingerprint density at radius 2 is 2.19 bits per heavy atom. The van der Waals surface area contributed by atoms with Gasteiger partial charge in [-0.15, -0.1) is 11.3 Å². The lowest BCUT2D eigenvalue weighted by Gasteiger charge is -2.05. The van der Waals surface area contributed by atoms with E-state index >= 15 is 0 Å². The van der Waals surface area contributed by atoms with E-state index < -0.39 is 0 Å². The van der Waals surface area contributed by atoms with Crippen LogP contribution < -0.4 is 5.32 Å². The molecule has 3 rings (SSSR count). The highest BCUT2D eigenvalue weighted by atomic mass is 32.1. The molecule has 0 spiro atoms. The van der Waals surface area contributed by atoms with E-state index in [1.807, 2.05) is 12.3 Å². The molecule has 0 atom stereocenters. The zero-order valence-electron chi connectivity index (χ0n) is 13.0. The Labute approximate surface area is 130 Å². The Bertz CT molecular complexity index is 614. The number of nitrogens with one attached hydrogen (secondary N) is 1. The third kappa shape index (κ3) is 3.89. The Morgan fingerprint density at radius 1 is 1.38 bits per heavy atom. The first kappa shape index (κ1) is 14.7. The molecule has 0 saturated heterocycles. The van der Waals surface area contributed by atoms with Crippen LogP contribution in [0.25, 0.3) is 10.7 Å². The maximum Gasteiger partial charge on any atom is 0.142 e. The molecule has 0 amide bonds. The predicted molar refractivity (Wildman–Crippen MR) is 88.5 cm³/mol. The van der Waals surface area contributed by atoms with E-state index in [-0.39, 0.29) is 0 Å². The highest BCUT2D eigenvalue weighted by Gasteiger charge is 2.22. The molecule has 1 N–H and O–H groups in total. The van der Waals surface area contributed by atoms with Gasteiger partial charge >= 0.3 is 0 Å². The van der Waals surface area contributed by atoms with E-state index in [1.165, 1.54) is 29.0 Å². The van der Waals surface area contributed by atoms with Crippen LogP contribution in [0.15, 0.2) is 18.3 Å². The monoisotopic (exact) mass is 301 g/mol. The van der Waals surface area contributed by atoms with Crippen molar-refractivity contribution in [2.75, 3.05) is 0 Å². The van der Waals surface area contributed by atoms with Crippen molar-refractivity contribution in [2.24, 2.45) is 5.92 Å². The number of pyridine rings is 1. The van der Waals surface area contributed by atoms with Gasteiger partial charge in [0.2, 0.25) is 0 Å². The van der Waals surface area contributed by atoms with Crippen molar-refractivity contribution >= 4 is 11.3 Å². The molecule has 0 radical (unpaired) electrons. The van der Waals surface area contributed by atoms with Crippen LogP contribution >= 0.6 is 11.3 Å². The van der Waals surface area contributed by atoms with E-state index in [9.17, 15) is 0 Å². The lowest BCUT2D eigenvalue weighted by atomic mass is 10.1. The summed E-state index contributed by atoms with van der Waals surface area (Å²) in [4.78, 5) is 10.7. The zero-order valence-corrected chi connectivity index (χ0v) is 13.8. The first-order valence-electron chi connectivity index (χ1n) is 7.77. The fourth-order valence-electron chi connectivity index (χ4n) is 2.35. The van der Waals surface area contributed by atoms with Crippen LogP contribution in [0.1, 0.15) is 42.8 Å². The first-order chi connectivity index (χ1) is 10.1. The number of hydrogen-bond acceptors (Lipinski definition) is 4. The van der Waals surface area contributed by atoms with Crippen LogP contribution in [0.4, 0.5) is 0 Å². The maximum atomic E-state index is 4.88. The molecule has 2 aromatic rings. The smallest absolute Gasteiger partial charge is 0.142 e. The molecular weight excluding hydrogens is 278 g/mol. The van der Waals surface area contributed by atoms with Crippen LogP contribution in [0.2, 0.25) is 0 Å². The van der Waals surface area contributed by atoms with Crippen molar-refractivity contribution in [3.05, 3.63) is 34.5 Å². The molecule has 0 aliphatic heterocycles. The minimum Gasteiger partial charge on any atom is -0.309 e.